The number of nitrogens with zero attached hydrogens (tertiary/aromatic N) is 3. The average Bonchev–Trinajstić information content (AvgIpc) is 3.35. The van der Waals surface area contributed by atoms with Crippen molar-refractivity contribution in [1.82, 2.24) is 18.8 Å². The van der Waals surface area contributed by atoms with Gasteiger partial charge in [-0.1, -0.05) is 30.1 Å². The third-order valence-corrected chi connectivity index (χ3v) is 11.2. The SMILES string of the molecule is CCS(=O)(=O)c1ccc(Cl)cc1Cn1c(=O)[nH]c2c(Cl)c(CN3CC[C@@H](N(C)S(C)(=O)=O)C3)c(C(F)(F)F)cc2c1=O. The third kappa shape index (κ3) is 6.40. The molecule has 1 saturated heterocycles. The van der Waals surface area contributed by atoms with Crippen molar-refractivity contribution < 1.29 is 30.0 Å². The number of sulfone groups is 1. The number of hydrogen-bond donors (Lipinski definition) is 1. The first-order chi connectivity index (χ1) is 19.3. The molecule has 0 amide bonds. The number of aromatic amines is 1. The quantitative estimate of drug-likeness (QED) is 0.389. The molecule has 1 aliphatic rings. The van der Waals surface area contributed by atoms with E-state index in [0.29, 0.717) is 17.1 Å². The van der Waals surface area contributed by atoms with Crippen molar-refractivity contribution >= 4 is 54.0 Å². The molecule has 1 atom stereocenters. The molecule has 1 aromatic heterocycles. The lowest BCUT2D eigenvalue weighted by Gasteiger charge is -2.24. The molecule has 0 spiro atoms. The summed E-state index contributed by atoms with van der Waals surface area (Å²) in [7, 11) is -5.92. The molecule has 0 radical (unpaired) electrons. The van der Waals surface area contributed by atoms with Crippen molar-refractivity contribution in [2.75, 3.05) is 32.1 Å². The van der Waals surface area contributed by atoms with Crippen LogP contribution in [0.15, 0.2) is 38.8 Å². The Kier molecular flexibility index (Phi) is 8.96. The molecule has 0 bridgehead atoms. The Bertz CT molecular complexity index is 1890. The van der Waals surface area contributed by atoms with Gasteiger partial charge >= 0.3 is 11.9 Å². The van der Waals surface area contributed by atoms with Gasteiger partial charge in [0.05, 0.1) is 44.9 Å². The van der Waals surface area contributed by atoms with Gasteiger partial charge in [0.25, 0.3) is 5.56 Å². The largest absolute Gasteiger partial charge is 0.416 e. The van der Waals surface area contributed by atoms with Gasteiger partial charge < -0.3 is 4.98 Å². The van der Waals surface area contributed by atoms with Crippen molar-refractivity contribution in [3.63, 3.8) is 0 Å². The molecule has 1 fully saturated rings. The number of rotatable bonds is 8. The van der Waals surface area contributed by atoms with E-state index in [9.17, 15) is 39.6 Å². The molecule has 0 saturated carbocycles. The maximum absolute atomic E-state index is 14.3. The number of likely N-dealkylation sites (N-methyl/N-ethyl adjacent to an activating group) is 1. The van der Waals surface area contributed by atoms with E-state index in [-0.39, 0.29) is 51.9 Å². The minimum atomic E-state index is -4.93. The minimum Gasteiger partial charge on any atom is -0.305 e. The van der Waals surface area contributed by atoms with Gasteiger partial charge in [-0.05, 0) is 41.8 Å². The highest BCUT2D eigenvalue weighted by molar-refractivity contribution is 7.91. The predicted molar refractivity (Wildman–Crippen MR) is 153 cm³/mol. The lowest BCUT2D eigenvalue weighted by Crippen LogP contribution is -2.38. The molecule has 2 heterocycles. The molecule has 4 rings (SSSR count). The number of hydrogen-bond acceptors (Lipinski definition) is 7. The summed E-state index contributed by atoms with van der Waals surface area (Å²) < 4.78 is 93.6. The first kappa shape index (κ1) is 32.5. The Morgan fingerprint density at radius 2 is 1.76 bits per heavy atom. The van der Waals surface area contributed by atoms with Crippen LogP contribution in [0.3, 0.4) is 0 Å². The molecule has 10 nitrogen and oxygen atoms in total. The van der Waals surface area contributed by atoms with Crippen LogP contribution >= 0.6 is 23.2 Å². The van der Waals surface area contributed by atoms with E-state index in [0.717, 1.165) is 10.6 Å². The molecule has 3 aromatic rings. The van der Waals surface area contributed by atoms with Gasteiger partial charge in [-0.25, -0.2) is 25.9 Å². The standard InChI is InChI=1S/C25H27Cl2F3N4O6S2/c1-4-42(39,40)20-6-5-15(26)9-14(20)11-34-23(35)17-10-19(25(28,29)30)18(21(27)22(17)31-24(34)36)13-33-8-7-16(12-33)32(2)41(3,37)38/h5-6,9-10,16H,4,7-8,11-13H2,1-3H3,(H,31,36)/t16-/m1/s1. The van der Waals surface area contributed by atoms with Crippen molar-refractivity contribution in [1.29, 1.82) is 0 Å². The van der Waals surface area contributed by atoms with E-state index in [1.54, 1.807) is 4.90 Å². The zero-order valence-electron chi connectivity index (χ0n) is 22.6. The van der Waals surface area contributed by atoms with E-state index in [4.69, 9.17) is 23.2 Å². The second-order valence-corrected chi connectivity index (χ2v) is 15.2. The third-order valence-electron chi connectivity index (χ3n) is 7.36. The van der Waals surface area contributed by atoms with Crippen LogP contribution in [0.2, 0.25) is 10.0 Å². The molecule has 1 aliphatic heterocycles. The van der Waals surface area contributed by atoms with Crippen LogP contribution in [0.5, 0.6) is 0 Å². The fourth-order valence-electron chi connectivity index (χ4n) is 4.99. The molecular weight excluding hydrogens is 644 g/mol. The van der Waals surface area contributed by atoms with E-state index in [2.05, 4.69) is 4.98 Å². The van der Waals surface area contributed by atoms with Crippen molar-refractivity contribution in [2.24, 2.45) is 0 Å². The summed E-state index contributed by atoms with van der Waals surface area (Å²) in [5.41, 5.74) is -3.98. The summed E-state index contributed by atoms with van der Waals surface area (Å²) in [5.74, 6) is -0.278. The smallest absolute Gasteiger partial charge is 0.305 e. The van der Waals surface area contributed by atoms with Gasteiger partial charge in [0.15, 0.2) is 9.84 Å². The lowest BCUT2D eigenvalue weighted by atomic mass is 10.0. The van der Waals surface area contributed by atoms with Crippen LogP contribution in [-0.2, 0) is 39.1 Å². The van der Waals surface area contributed by atoms with E-state index < -0.39 is 65.8 Å². The summed E-state index contributed by atoms with van der Waals surface area (Å²) >= 11 is 12.5. The summed E-state index contributed by atoms with van der Waals surface area (Å²) in [6.45, 7) is 0.951. The second-order valence-electron chi connectivity index (χ2n) is 10.1. The summed E-state index contributed by atoms with van der Waals surface area (Å²) in [4.78, 5) is 30.3. The molecule has 1 N–H and O–H groups in total. The Morgan fingerprint density at radius 3 is 2.36 bits per heavy atom. The predicted octanol–water partition coefficient (Wildman–Crippen LogP) is 3.32. The Hall–Kier alpha value is -2.43. The van der Waals surface area contributed by atoms with E-state index in [1.165, 1.54) is 32.2 Å². The van der Waals surface area contributed by atoms with Crippen LogP contribution in [0, 0.1) is 0 Å². The monoisotopic (exact) mass is 670 g/mol. The van der Waals surface area contributed by atoms with Crippen molar-refractivity contribution in [3.05, 3.63) is 71.8 Å². The lowest BCUT2D eigenvalue weighted by molar-refractivity contribution is -0.138. The highest BCUT2D eigenvalue weighted by Gasteiger charge is 2.38. The van der Waals surface area contributed by atoms with Crippen LogP contribution in [0.4, 0.5) is 13.2 Å². The summed E-state index contributed by atoms with van der Waals surface area (Å²) in [6.07, 6.45) is -3.51. The highest BCUT2D eigenvalue weighted by atomic mass is 35.5. The Morgan fingerprint density at radius 1 is 1.10 bits per heavy atom. The fraction of sp³-hybridized carbons (Fsp3) is 0.440. The average molecular weight is 672 g/mol. The van der Waals surface area contributed by atoms with Crippen LogP contribution in [0.25, 0.3) is 10.9 Å². The number of benzene rings is 2. The number of likely N-dealkylation sites (tertiary alicyclic amines) is 1. The van der Waals surface area contributed by atoms with Crippen LogP contribution in [0.1, 0.15) is 30.0 Å². The van der Waals surface area contributed by atoms with E-state index in [1.807, 2.05) is 0 Å². The molecule has 0 unspecified atom stereocenters. The number of fused-ring (bicyclic) bond motifs is 1. The summed E-state index contributed by atoms with van der Waals surface area (Å²) in [6, 6.07) is 4.00. The van der Waals surface area contributed by atoms with Crippen LogP contribution < -0.4 is 11.2 Å². The fourth-order valence-corrected chi connectivity index (χ4v) is 7.32. The zero-order valence-corrected chi connectivity index (χ0v) is 25.8. The molecule has 0 aliphatic carbocycles. The molecule has 230 valence electrons. The molecule has 17 heteroatoms. The van der Waals surface area contributed by atoms with Gasteiger partial charge in [-0.15, -0.1) is 0 Å². The van der Waals surface area contributed by atoms with Crippen molar-refractivity contribution in [3.8, 4) is 0 Å². The maximum Gasteiger partial charge on any atom is 0.416 e. The number of aromatic nitrogens is 2. The molecule has 2 aromatic carbocycles. The topological polar surface area (TPSA) is 130 Å². The molecular formula is C25H27Cl2F3N4O6S2. The first-order valence-corrected chi connectivity index (χ1v) is 16.8. The number of sulfonamides is 1. The Balaban J connectivity index is 1.82. The zero-order chi connectivity index (χ0) is 31.4. The van der Waals surface area contributed by atoms with Gasteiger partial charge in [-0.2, -0.15) is 13.2 Å². The van der Waals surface area contributed by atoms with Gasteiger partial charge in [0, 0.05) is 37.7 Å². The number of halogens is 5. The maximum atomic E-state index is 14.3. The van der Waals surface area contributed by atoms with Crippen LogP contribution in [-0.4, -0.2) is 73.8 Å². The van der Waals surface area contributed by atoms with E-state index >= 15 is 0 Å². The normalized spacial score (nSPS) is 17.0. The van der Waals surface area contributed by atoms with Gasteiger partial charge in [-0.3, -0.25) is 14.3 Å². The van der Waals surface area contributed by atoms with Crippen molar-refractivity contribution in [2.45, 2.75) is 43.5 Å². The highest BCUT2D eigenvalue weighted by Crippen LogP contribution is 2.39. The van der Waals surface area contributed by atoms with Gasteiger partial charge in [0.1, 0.15) is 0 Å². The number of nitrogens with one attached hydrogen (secondary N) is 1. The first-order valence-electron chi connectivity index (χ1n) is 12.6. The van der Waals surface area contributed by atoms with Gasteiger partial charge in [0.2, 0.25) is 10.0 Å². The molecule has 42 heavy (non-hydrogen) atoms. The minimum absolute atomic E-state index is 0.0118. The summed E-state index contributed by atoms with van der Waals surface area (Å²) in [5, 5.41) is -0.865. The second kappa shape index (κ2) is 11.6. The Labute approximate surface area is 249 Å². The number of H-pyrrole nitrogens is 1. The number of alkyl halides is 3.